The van der Waals surface area contributed by atoms with Crippen molar-refractivity contribution in [1.29, 1.82) is 0 Å². The Labute approximate surface area is 182 Å². The minimum Gasteiger partial charge on any atom is -0.452 e. The first-order chi connectivity index (χ1) is 14.7. The van der Waals surface area contributed by atoms with E-state index in [2.05, 4.69) is 5.32 Å². The van der Waals surface area contributed by atoms with Crippen LogP contribution in [-0.2, 0) is 24.2 Å². The highest BCUT2D eigenvalue weighted by molar-refractivity contribution is 7.91. The summed E-state index contributed by atoms with van der Waals surface area (Å²) in [6, 6.07) is 8.55. The number of nitrogens with zero attached hydrogens (tertiary/aromatic N) is 2. The Hall–Kier alpha value is -2.62. The number of likely N-dealkylation sites (tertiary alicyclic amines) is 1. The Morgan fingerprint density at radius 1 is 1.13 bits per heavy atom. The second kappa shape index (κ2) is 9.67. The molecule has 3 rings (SSSR count). The molecule has 2 aliphatic rings. The zero-order valence-electron chi connectivity index (χ0n) is 17.8. The van der Waals surface area contributed by atoms with Crippen LogP contribution in [0.5, 0.6) is 0 Å². The first kappa shape index (κ1) is 23.1. The Balaban J connectivity index is 1.45. The molecule has 0 aliphatic carbocycles. The van der Waals surface area contributed by atoms with Gasteiger partial charge in [0.05, 0.1) is 17.4 Å². The molecule has 31 heavy (non-hydrogen) atoms. The molecule has 3 amide bonds. The van der Waals surface area contributed by atoms with Crippen LogP contribution in [0.1, 0.15) is 26.2 Å². The van der Waals surface area contributed by atoms with Crippen molar-refractivity contribution in [3.8, 4) is 0 Å². The molecule has 10 heteroatoms. The summed E-state index contributed by atoms with van der Waals surface area (Å²) in [6.07, 6.45) is 0.326. The van der Waals surface area contributed by atoms with E-state index in [1.807, 2.05) is 18.2 Å². The van der Waals surface area contributed by atoms with Gasteiger partial charge in [0.15, 0.2) is 15.9 Å². The molecule has 1 N–H and O–H groups in total. The van der Waals surface area contributed by atoms with Crippen molar-refractivity contribution in [2.45, 2.75) is 38.3 Å². The van der Waals surface area contributed by atoms with Gasteiger partial charge in [-0.3, -0.25) is 9.59 Å². The molecule has 0 saturated carbocycles. The molecule has 1 aromatic carbocycles. The van der Waals surface area contributed by atoms with Gasteiger partial charge in [-0.25, -0.2) is 13.2 Å². The molecule has 2 unspecified atom stereocenters. The average Bonchev–Trinajstić information content (AvgIpc) is 3.13. The topological polar surface area (TPSA) is 113 Å². The molecule has 0 bridgehead atoms. The average molecular weight is 452 g/mol. The Bertz CT molecular complexity index is 912. The van der Waals surface area contributed by atoms with Crippen molar-refractivity contribution >= 4 is 33.4 Å². The summed E-state index contributed by atoms with van der Waals surface area (Å²) >= 11 is 0. The Kier molecular flexibility index (Phi) is 7.19. The largest absolute Gasteiger partial charge is 0.452 e. The molecule has 0 aromatic heterocycles. The number of rotatable bonds is 5. The number of carbonyl (C=O) groups excluding carboxylic acids is 3. The minimum absolute atomic E-state index is 0.0561. The number of piperidine rings is 1. The first-order valence-electron chi connectivity index (χ1n) is 10.4. The van der Waals surface area contributed by atoms with Crippen LogP contribution in [0.3, 0.4) is 0 Å². The third-order valence-electron chi connectivity index (χ3n) is 5.89. The number of hydrogen-bond acceptors (Lipinski definition) is 6. The van der Waals surface area contributed by atoms with Crippen LogP contribution in [0, 0.1) is 5.92 Å². The van der Waals surface area contributed by atoms with Crippen molar-refractivity contribution in [1.82, 2.24) is 9.80 Å². The second-order valence-electron chi connectivity index (χ2n) is 8.14. The van der Waals surface area contributed by atoms with Crippen molar-refractivity contribution in [2.24, 2.45) is 5.92 Å². The van der Waals surface area contributed by atoms with Crippen LogP contribution in [0.15, 0.2) is 30.3 Å². The molecule has 2 heterocycles. The summed E-state index contributed by atoms with van der Waals surface area (Å²) in [5.41, 5.74) is 0.709. The number of likely N-dealkylation sites (N-methyl/N-ethyl adjacent to an activating group) is 1. The number of esters is 1. The van der Waals surface area contributed by atoms with E-state index in [9.17, 15) is 22.8 Å². The van der Waals surface area contributed by atoms with E-state index in [0.717, 1.165) is 0 Å². The van der Waals surface area contributed by atoms with Gasteiger partial charge in [0.25, 0.3) is 5.91 Å². The monoisotopic (exact) mass is 451 g/mol. The quantitative estimate of drug-likeness (QED) is 0.679. The molecule has 0 spiro atoms. The number of hydrogen-bond donors (Lipinski definition) is 1. The molecule has 9 nitrogen and oxygen atoms in total. The van der Waals surface area contributed by atoms with Gasteiger partial charge in [0.2, 0.25) is 0 Å². The number of nitrogens with one attached hydrogen (secondary N) is 1. The van der Waals surface area contributed by atoms with Crippen molar-refractivity contribution in [3.05, 3.63) is 30.3 Å². The van der Waals surface area contributed by atoms with Crippen molar-refractivity contribution in [2.75, 3.05) is 37.0 Å². The summed E-state index contributed by atoms with van der Waals surface area (Å²) in [5, 5.41) is 2.83. The van der Waals surface area contributed by atoms with Crippen LogP contribution in [0.25, 0.3) is 0 Å². The zero-order chi connectivity index (χ0) is 22.6. The highest BCUT2D eigenvalue weighted by Crippen LogP contribution is 2.22. The lowest BCUT2D eigenvalue weighted by Crippen LogP contribution is -2.46. The van der Waals surface area contributed by atoms with Gasteiger partial charge < -0.3 is 19.9 Å². The predicted octanol–water partition coefficient (Wildman–Crippen LogP) is 1.51. The number of anilines is 1. The molecule has 2 saturated heterocycles. The Morgan fingerprint density at radius 2 is 1.77 bits per heavy atom. The van der Waals surface area contributed by atoms with Gasteiger partial charge in [-0.1, -0.05) is 18.2 Å². The molecule has 0 radical (unpaired) electrons. The normalized spacial score (nSPS) is 21.9. The van der Waals surface area contributed by atoms with E-state index in [-0.39, 0.29) is 29.5 Å². The van der Waals surface area contributed by atoms with Crippen LogP contribution >= 0.6 is 0 Å². The summed E-state index contributed by atoms with van der Waals surface area (Å²) in [4.78, 5) is 40.5. The van der Waals surface area contributed by atoms with E-state index in [0.29, 0.717) is 38.0 Å². The number of amides is 3. The molecule has 2 aliphatic heterocycles. The lowest BCUT2D eigenvalue weighted by Gasteiger charge is -2.32. The van der Waals surface area contributed by atoms with Gasteiger partial charge in [-0.15, -0.1) is 0 Å². The van der Waals surface area contributed by atoms with Crippen molar-refractivity contribution in [3.63, 3.8) is 0 Å². The molecular formula is C21H29N3O6S. The van der Waals surface area contributed by atoms with Crippen LogP contribution in [0.2, 0.25) is 0 Å². The van der Waals surface area contributed by atoms with E-state index < -0.39 is 27.8 Å². The lowest BCUT2D eigenvalue weighted by atomic mass is 9.97. The maximum Gasteiger partial charge on any atom is 0.321 e. The molecule has 1 aromatic rings. The number of carbonyl (C=O) groups is 3. The van der Waals surface area contributed by atoms with Gasteiger partial charge in [0.1, 0.15) is 0 Å². The molecule has 170 valence electrons. The number of ether oxygens (including phenoxy) is 1. The van der Waals surface area contributed by atoms with E-state index in [1.165, 1.54) is 11.8 Å². The summed E-state index contributed by atoms with van der Waals surface area (Å²) < 4.78 is 28.7. The Morgan fingerprint density at radius 3 is 2.35 bits per heavy atom. The fourth-order valence-electron chi connectivity index (χ4n) is 3.91. The van der Waals surface area contributed by atoms with Crippen LogP contribution in [0.4, 0.5) is 10.5 Å². The van der Waals surface area contributed by atoms with Crippen LogP contribution in [-0.4, -0.2) is 79.9 Å². The fourth-order valence-corrected chi connectivity index (χ4v) is 5.69. The van der Waals surface area contributed by atoms with Gasteiger partial charge in [0, 0.05) is 31.9 Å². The molecule has 2 fully saturated rings. The summed E-state index contributed by atoms with van der Waals surface area (Å²) in [6.45, 7) is 2.34. The minimum atomic E-state index is -3.11. The lowest BCUT2D eigenvalue weighted by molar-refractivity contribution is -0.163. The summed E-state index contributed by atoms with van der Waals surface area (Å²) in [5.74, 6) is -1.24. The maximum atomic E-state index is 12.6. The molecule has 2 atom stereocenters. The highest BCUT2D eigenvalue weighted by Gasteiger charge is 2.36. The van der Waals surface area contributed by atoms with Gasteiger partial charge in [-0.05, 0) is 38.3 Å². The molecular weight excluding hydrogens is 422 g/mol. The zero-order valence-corrected chi connectivity index (χ0v) is 18.6. The van der Waals surface area contributed by atoms with E-state index in [4.69, 9.17) is 4.74 Å². The number of benzene rings is 1. The number of urea groups is 1. The fraction of sp³-hybridized carbons (Fsp3) is 0.571. The number of sulfone groups is 1. The van der Waals surface area contributed by atoms with E-state index in [1.54, 1.807) is 24.1 Å². The third kappa shape index (κ3) is 5.96. The smallest absolute Gasteiger partial charge is 0.321 e. The number of para-hydroxylation sites is 1. The van der Waals surface area contributed by atoms with Crippen molar-refractivity contribution < 1.29 is 27.5 Å². The third-order valence-corrected chi connectivity index (χ3v) is 7.64. The standard InChI is InChI=1S/C21H29N3O6S/c1-15(19(25)23(2)18-10-13-31(28,29)14-18)30-20(26)16-8-11-24(12-9-16)21(27)22-17-6-4-3-5-7-17/h3-7,15-16,18H,8-14H2,1-2H3,(H,22,27). The SMILES string of the molecule is CC(OC(=O)C1CCN(C(=O)Nc2ccccc2)CC1)C(=O)N(C)C1CCS(=O)(=O)C1. The highest BCUT2D eigenvalue weighted by atomic mass is 32.2. The predicted molar refractivity (Wildman–Crippen MR) is 115 cm³/mol. The first-order valence-corrected chi connectivity index (χ1v) is 12.3. The van der Waals surface area contributed by atoms with Gasteiger partial charge in [-0.2, -0.15) is 0 Å². The van der Waals surface area contributed by atoms with Gasteiger partial charge >= 0.3 is 12.0 Å². The second-order valence-corrected chi connectivity index (χ2v) is 10.4. The summed E-state index contributed by atoms with van der Waals surface area (Å²) in [7, 11) is -1.57. The maximum absolute atomic E-state index is 12.6. The van der Waals surface area contributed by atoms with E-state index >= 15 is 0 Å². The van der Waals surface area contributed by atoms with Crippen LogP contribution < -0.4 is 5.32 Å².